The maximum absolute atomic E-state index is 8.35. The fourth-order valence-electron chi connectivity index (χ4n) is 1.18. The molecular weight excluding hydrogens is 116 g/mol. The minimum absolute atomic E-state index is 0.117. The van der Waals surface area contributed by atoms with Crippen molar-refractivity contribution in [1.82, 2.24) is 0 Å². The maximum atomic E-state index is 8.35. The Balaban J connectivity index is 2.09. The molecule has 0 aromatic heterocycles. The summed E-state index contributed by atoms with van der Waals surface area (Å²) in [5, 5.41) is 8.35. The Hall–Kier alpha value is -0.0800. The number of rotatable bonds is 3. The van der Waals surface area contributed by atoms with Gasteiger partial charge in [0.25, 0.3) is 0 Å². The molecule has 2 nitrogen and oxygen atoms in total. The van der Waals surface area contributed by atoms with E-state index in [1.165, 1.54) is 0 Å². The van der Waals surface area contributed by atoms with Crippen LogP contribution in [0.2, 0.25) is 0 Å². The average molecular weight is 130 g/mol. The first kappa shape index (κ1) is 7.03. The van der Waals surface area contributed by atoms with Crippen LogP contribution >= 0.6 is 0 Å². The normalized spacial score (nSPS) is 33.3. The molecule has 1 fully saturated rings. The number of ether oxygens (including phenoxy) is 1. The molecule has 1 aliphatic rings. The third-order valence-electron chi connectivity index (χ3n) is 1.92. The van der Waals surface area contributed by atoms with Gasteiger partial charge in [-0.3, -0.25) is 0 Å². The van der Waals surface area contributed by atoms with E-state index in [0.29, 0.717) is 17.9 Å². The van der Waals surface area contributed by atoms with Crippen molar-refractivity contribution in [2.75, 3.05) is 6.79 Å². The lowest BCUT2D eigenvalue weighted by Crippen LogP contribution is -2.01. The van der Waals surface area contributed by atoms with Gasteiger partial charge in [-0.15, -0.1) is 0 Å². The van der Waals surface area contributed by atoms with Crippen LogP contribution in [0.15, 0.2) is 0 Å². The van der Waals surface area contributed by atoms with Gasteiger partial charge in [-0.25, -0.2) is 0 Å². The highest BCUT2D eigenvalue weighted by molar-refractivity contribution is 4.89. The van der Waals surface area contributed by atoms with E-state index < -0.39 is 0 Å². The highest BCUT2D eigenvalue weighted by atomic mass is 16.6. The van der Waals surface area contributed by atoms with Crippen molar-refractivity contribution in [3.05, 3.63) is 0 Å². The Labute approximate surface area is 55.8 Å². The Bertz CT molecular complexity index is 90.9. The van der Waals surface area contributed by atoms with E-state index in [2.05, 4.69) is 13.8 Å². The quantitative estimate of drug-likeness (QED) is 0.577. The van der Waals surface area contributed by atoms with Crippen LogP contribution < -0.4 is 0 Å². The zero-order chi connectivity index (χ0) is 6.85. The van der Waals surface area contributed by atoms with Crippen LogP contribution in [-0.4, -0.2) is 18.0 Å². The molecule has 0 aliphatic heterocycles. The topological polar surface area (TPSA) is 29.5 Å². The second-order valence-corrected chi connectivity index (χ2v) is 2.98. The molecule has 0 bridgehead atoms. The fourth-order valence-corrected chi connectivity index (χ4v) is 1.18. The molecular formula is C7H14O2. The minimum atomic E-state index is -0.117. The molecule has 9 heavy (non-hydrogen) atoms. The van der Waals surface area contributed by atoms with E-state index in [-0.39, 0.29) is 6.79 Å². The second kappa shape index (κ2) is 2.67. The Kier molecular flexibility index (Phi) is 2.09. The van der Waals surface area contributed by atoms with E-state index in [0.717, 1.165) is 6.42 Å². The third-order valence-corrected chi connectivity index (χ3v) is 1.92. The predicted molar refractivity (Wildman–Crippen MR) is 34.9 cm³/mol. The first-order chi connectivity index (χ1) is 4.25. The summed E-state index contributed by atoms with van der Waals surface area (Å²) in [6, 6.07) is 0. The number of hydrogen-bond acceptors (Lipinski definition) is 2. The van der Waals surface area contributed by atoms with E-state index in [1.54, 1.807) is 0 Å². The van der Waals surface area contributed by atoms with E-state index in [4.69, 9.17) is 9.84 Å². The lowest BCUT2D eigenvalue weighted by Gasteiger charge is -2.01. The number of aliphatic hydroxyl groups excluding tert-OH is 1. The molecule has 0 aromatic rings. The largest absolute Gasteiger partial charge is 0.371 e. The molecule has 0 spiro atoms. The zero-order valence-corrected chi connectivity index (χ0v) is 6.00. The van der Waals surface area contributed by atoms with Crippen molar-refractivity contribution in [2.24, 2.45) is 11.8 Å². The van der Waals surface area contributed by atoms with Crippen LogP contribution in [0.1, 0.15) is 20.3 Å². The average Bonchev–Trinajstić information content (AvgIpc) is 2.47. The van der Waals surface area contributed by atoms with Crippen molar-refractivity contribution in [3.8, 4) is 0 Å². The van der Waals surface area contributed by atoms with E-state index in [1.807, 2.05) is 0 Å². The van der Waals surface area contributed by atoms with Crippen LogP contribution in [0, 0.1) is 11.8 Å². The molecule has 1 N–H and O–H groups in total. The molecule has 0 heterocycles. The van der Waals surface area contributed by atoms with Crippen LogP contribution in [-0.2, 0) is 4.74 Å². The standard InChI is InChI=1S/C7H14O2/c1-5(2)6-3-7(6)9-4-8/h5-8H,3-4H2,1-2H3/t6-,7-/m1/s1. The van der Waals surface area contributed by atoms with Gasteiger partial charge in [0.1, 0.15) is 6.79 Å². The summed E-state index contributed by atoms with van der Waals surface area (Å²) >= 11 is 0. The summed E-state index contributed by atoms with van der Waals surface area (Å²) in [6.07, 6.45) is 1.49. The van der Waals surface area contributed by atoms with Crippen molar-refractivity contribution >= 4 is 0 Å². The predicted octanol–water partition coefficient (Wildman–Crippen LogP) is 0.997. The molecule has 54 valence electrons. The molecule has 0 unspecified atom stereocenters. The van der Waals surface area contributed by atoms with Crippen molar-refractivity contribution in [3.63, 3.8) is 0 Å². The zero-order valence-electron chi connectivity index (χ0n) is 6.00. The monoisotopic (exact) mass is 130 g/mol. The molecule has 1 rings (SSSR count). The summed E-state index contributed by atoms with van der Waals surface area (Å²) in [7, 11) is 0. The van der Waals surface area contributed by atoms with Crippen molar-refractivity contribution in [1.29, 1.82) is 0 Å². The van der Waals surface area contributed by atoms with Crippen LogP contribution in [0.4, 0.5) is 0 Å². The van der Waals surface area contributed by atoms with Gasteiger partial charge in [0, 0.05) is 0 Å². The maximum Gasteiger partial charge on any atom is 0.143 e. The fraction of sp³-hybridized carbons (Fsp3) is 1.00. The van der Waals surface area contributed by atoms with E-state index in [9.17, 15) is 0 Å². The van der Waals surface area contributed by atoms with Crippen molar-refractivity contribution in [2.45, 2.75) is 26.4 Å². The van der Waals surface area contributed by atoms with Gasteiger partial charge in [0.05, 0.1) is 6.10 Å². The SMILES string of the molecule is CC(C)[C@H]1C[C@H]1OCO. The second-order valence-electron chi connectivity index (χ2n) is 2.98. The summed E-state index contributed by atoms with van der Waals surface area (Å²) < 4.78 is 4.98. The van der Waals surface area contributed by atoms with Gasteiger partial charge >= 0.3 is 0 Å². The van der Waals surface area contributed by atoms with Gasteiger partial charge in [0.2, 0.25) is 0 Å². The Morgan fingerprint density at radius 3 is 2.67 bits per heavy atom. The molecule has 0 aromatic carbocycles. The molecule has 0 amide bonds. The molecule has 1 aliphatic carbocycles. The number of hydrogen-bond donors (Lipinski definition) is 1. The molecule has 0 saturated heterocycles. The summed E-state index contributed by atoms with van der Waals surface area (Å²) in [5.41, 5.74) is 0. The van der Waals surface area contributed by atoms with Crippen LogP contribution in [0.3, 0.4) is 0 Å². The molecule has 0 radical (unpaired) electrons. The molecule has 2 heteroatoms. The Morgan fingerprint density at radius 1 is 1.67 bits per heavy atom. The van der Waals surface area contributed by atoms with Gasteiger partial charge < -0.3 is 9.84 Å². The van der Waals surface area contributed by atoms with Gasteiger partial charge in [0.15, 0.2) is 0 Å². The first-order valence-electron chi connectivity index (χ1n) is 3.48. The smallest absolute Gasteiger partial charge is 0.143 e. The third kappa shape index (κ3) is 1.66. The summed E-state index contributed by atoms with van der Waals surface area (Å²) in [6.45, 7) is 4.25. The highest BCUT2D eigenvalue weighted by Crippen LogP contribution is 2.39. The van der Waals surface area contributed by atoms with Crippen molar-refractivity contribution < 1.29 is 9.84 Å². The lowest BCUT2D eigenvalue weighted by molar-refractivity contribution is -0.0191. The summed E-state index contributed by atoms with van der Waals surface area (Å²) in [4.78, 5) is 0. The lowest BCUT2D eigenvalue weighted by atomic mass is 10.1. The molecule has 2 atom stereocenters. The van der Waals surface area contributed by atoms with Gasteiger partial charge in [-0.05, 0) is 18.3 Å². The molecule has 1 saturated carbocycles. The van der Waals surface area contributed by atoms with Crippen LogP contribution in [0.5, 0.6) is 0 Å². The number of aliphatic hydroxyl groups is 1. The van der Waals surface area contributed by atoms with Gasteiger partial charge in [-0.1, -0.05) is 13.8 Å². The Morgan fingerprint density at radius 2 is 2.33 bits per heavy atom. The minimum Gasteiger partial charge on any atom is -0.371 e. The van der Waals surface area contributed by atoms with Crippen LogP contribution in [0.25, 0.3) is 0 Å². The summed E-state index contributed by atoms with van der Waals surface area (Å²) in [5.74, 6) is 1.42. The first-order valence-corrected chi connectivity index (χ1v) is 3.48. The van der Waals surface area contributed by atoms with E-state index >= 15 is 0 Å². The highest BCUT2D eigenvalue weighted by Gasteiger charge is 2.39. The van der Waals surface area contributed by atoms with Gasteiger partial charge in [-0.2, -0.15) is 0 Å².